The first kappa shape index (κ1) is 16.2. The topological polar surface area (TPSA) is 37.9 Å². The summed E-state index contributed by atoms with van der Waals surface area (Å²) in [6.45, 7) is 0. The number of ether oxygens (including phenoxy) is 1. The van der Waals surface area contributed by atoms with Gasteiger partial charge in [-0.3, -0.25) is 0 Å². The quantitative estimate of drug-likeness (QED) is 0.532. The number of aromatic nitrogens is 2. The molecule has 0 radical (unpaired) electrons. The normalized spacial score (nSPS) is 10.7. The van der Waals surface area contributed by atoms with Crippen LogP contribution in [0.2, 0.25) is 0 Å². The molecule has 3 aromatic carbocycles. The van der Waals surface area contributed by atoms with Gasteiger partial charge < -0.3 is 9.72 Å². The molecule has 0 saturated heterocycles. The van der Waals surface area contributed by atoms with E-state index in [0.29, 0.717) is 0 Å². The molecule has 0 fully saturated rings. The lowest BCUT2D eigenvalue weighted by Crippen LogP contribution is -1.91. The molecule has 4 aromatic rings. The van der Waals surface area contributed by atoms with E-state index in [1.165, 1.54) is 5.56 Å². The molecule has 1 heterocycles. The van der Waals surface area contributed by atoms with Crippen molar-refractivity contribution in [3.05, 3.63) is 96.3 Å². The van der Waals surface area contributed by atoms with Crippen LogP contribution < -0.4 is 4.74 Å². The summed E-state index contributed by atoms with van der Waals surface area (Å²) >= 11 is 0. The van der Waals surface area contributed by atoms with Gasteiger partial charge in [-0.1, -0.05) is 72.8 Å². The van der Waals surface area contributed by atoms with Gasteiger partial charge >= 0.3 is 0 Å². The molecule has 3 heteroatoms. The maximum absolute atomic E-state index is 5.23. The second kappa shape index (κ2) is 7.28. The van der Waals surface area contributed by atoms with Crippen molar-refractivity contribution in [2.75, 3.05) is 7.11 Å². The lowest BCUT2D eigenvalue weighted by molar-refractivity contribution is 0.414. The summed E-state index contributed by atoms with van der Waals surface area (Å²) in [5, 5.41) is 0. The first-order valence-corrected chi connectivity index (χ1v) is 8.66. The van der Waals surface area contributed by atoms with E-state index >= 15 is 0 Å². The van der Waals surface area contributed by atoms with Crippen LogP contribution in [0.5, 0.6) is 5.75 Å². The average Bonchev–Trinajstić information content (AvgIpc) is 3.14. The molecule has 1 N–H and O–H groups in total. The Kier molecular flexibility index (Phi) is 4.52. The van der Waals surface area contributed by atoms with Crippen molar-refractivity contribution in [2.24, 2.45) is 0 Å². The van der Waals surface area contributed by atoms with Gasteiger partial charge in [-0.25, -0.2) is 4.98 Å². The maximum Gasteiger partial charge on any atom is 0.118 e. The van der Waals surface area contributed by atoms with Crippen molar-refractivity contribution in [1.82, 2.24) is 9.97 Å². The molecule has 0 aliphatic carbocycles. The van der Waals surface area contributed by atoms with Crippen LogP contribution >= 0.6 is 0 Å². The Bertz CT molecular complexity index is 917. The smallest absolute Gasteiger partial charge is 0.118 e. The van der Waals surface area contributed by atoms with Crippen molar-refractivity contribution in [2.45, 2.75) is 6.42 Å². The van der Waals surface area contributed by atoms with Crippen LogP contribution in [0.1, 0.15) is 11.4 Å². The molecule has 26 heavy (non-hydrogen) atoms. The molecule has 0 amide bonds. The molecule has 0 unspecified atom stereocenters. The second-order valence-electron chi connectivity index (χ2n) is 6.16. The third kappa shape index (κ3) is 3.38. The third-order valence-corrected chi connectivity index (χ3v) is 4.39. The van der Waals surface area contributed by atoms with Gasteiger partial charge in [0.2, 0.25) is 0 Å². The number of nitrogens with one attached hydrogen (secondary N) is 1. The molecule has 3 nitrogen and oxygen atoms in total. The summed E-state index contributed by atoms with van der Waals surface area (Å²) < 4.78 is 5.23. The Balaban J connectivity index is 1.73. The molecule has 0 aliphatic heterocycles. The fraction of sp³-hybridized carbons (Fsp3) is 0.0870. The van der Waals surface area contributed by atoms with Crippen LogP contribution in [0.15, 0.2) is 84.9 Å². The van der Waals surface area contributed by atoms with Crippen LogP contribution in [0.4, 0.5) is 0 Å². The van der Waals surface area contributed by atoms with E-state index in [1.54, 1.807) is 7.11 Å². The number of hydrogen-bond acceptors (Lipinski definition) is 2. The maximum atomic E-state index is 5.23. The number of methoxy groups -OCH3 is 1. The van der Waals surface area contributed by atoms with Crippen LogP contribution in [-0.4, -0.2) is 17.1 Å². The van der Waals surface area contributed by atoms with E-state index in [9.17, 15) is 0 Å². The van der Waals surface area contributed by atoms with Gasteiger partial charge in [0.15, 0.2) is 0 Å². The molecular formula is C23H20N2O. The Morgan fingerprint density at radius 1 is 0.769 bits per heavy atom. The Hall–Kier alpha value is -3.33. The minimum absolute atomic E-state index is 0.747. The van der Waals surface area contributed by atoms with Gasteiger partial charge in [0.05, 0.1) is 18.5 Å². The lowest BCUT2D eigenvalue weighted by atomic mass is 10.1. The van der Waals surface area contributed by atoms with E-state index in [4.69, 9.17) is 9.72 Å². The van der Waals surface area contributed by atoms with Gasteiger partial charge in [0.25, 0.3) is 0 Å². The van der Waals surface area contributed by atoms with E-state index < -0.39 is 0 Å². The van der Waals surface area contributed by atoms with Gasteiger partial charge in [-0.05, 0) is 17.7 Å². The van der Waals surface area contributed by atoms with Crippen molar-refractivity contribution >= 4 is 0 Å². The number of aromatic amines is 1. The highest BCUT2D eigenvalue weighted by Gasteiger charge is 2.14. The van der Waals surface area contributed by atoms with Crippen molar-refractivity contribution in [3.8, 4) is 28.3 Å². The number of rotatable bonds is 5. The predicted molar refractivity (Wildman–Crippen MR) is 105 cm³/mol. The van der Waals surface area contributed by atoms with E-state index in [0.717, 1.165) is 40.5 Å². The molecule has 0 aliphatic rings. The van der Waals surface area contributed by atoms with Crippen LogP contribution in [0.25, 0.3) is 22.5 Å². The van der Waals surface area contributed by atoms with Crippen LogP contribution in [-0.2, 0) is 6.42 Å². The predicted octanol–water partition coefficient (Wildman–Crippen LogP) is 5.34. The largest absolute Gasteiger partial charge is 0.497 e. The number of hydrogen-bond donors (Lipinski definition) is 1. The zero-order chi connectivity index (χ0) is 17.8. The summed E-state index contributed by atoms with van der Waals surface area (Å²) in [4.78, 5) is 8.44. The number of benzene rings is 3. The third-order valence-electron chi connectivity index (χ3n) is 4.39. The highest BCUT2D eigenvalue weighted by atomic mass is 16.5. The molecular weight excluding hydrogens is 320 g/mol. The van der Waals surface area contributed by atoms with Crippen molar-refractivity contribution < 1.29 is 4.74 Å². The highest BCUT2D eigenvalue weighted by molar-refractivity contribution is 5.78. The molecule has 128 valence electrons. The average molecular weight is 340 g/mol. The van der Waals surface area contributed by atoms with Crippen LogP contribution in [0, 0.1) is 0 Å². The zero-order valence-electron chi connectivity index (χ0n) is 14.6. The minimum Gasteiger partial charge on any atom is -0.497 e. The van der Waals surface area contributed by atoms with Crippen LogP contribution in [0.3, 0.4) is 0 Å². The standard InChI is InChI=1S/C23H20N2O/c1-26-20-14-12-17(13-15-20)16-21-24-22(18-8-4-2-5-9-18)23(25-21)19-10-6-3-7-11-19/h2-15H,16H2,1H3,(H,24,25). The minimum atomic E-state index is 0.747. The summed E-state index contributed by atoms with van der Waals surface area (Å²) in [5.41, 5.74) is 5.49. The highest BCUT2D eigenvalue weighted by Crippen LogP contribution is 2.30. The Morgan fingerprint density at radius 2 is 1.38 bits per heavy atom. The van der Waals surface area contributed by atoms with Gasteiger partial charge in [-0.15, -0.1) is 0 Å². The fourth-order valence-electron chi connectivity index (χ4n) is 3.06. The molecule has 0 atom stereocenters. The molecule has 0 spiro atoms. The molecule has 0 bridgehead atoms. The van der Waals surface area contributed by atoms with Crippen molar-refractivity contribution in [1.29, 1.82) is 0 Å². The number of nitrogens with zero attached hydrogens (tertiary/aromatic N) is 1. The monoisotopic (exact) mass is 340 g/mol. The Morgan fingerprint density at radius 3 is 2.00 bits per heavy atom. The van der Waals surface area contributed by atoms with Gasteiger partial charge in [0.1, 0.15) is 11.6 Å². The first-order chi connectivity index (χ1) is 12.8. The molecule has 1 aromatic heterocycles. The number of imidazole rings is 1. The molecule has 0 saturated carbocycles. The number of H-pyrrole nitrogens is 1. The summed E-state index contributed by atoms with van der Waals surface area (Å²) in [6.07, 6.45) is 0.747. The van der Waals surface area contributed by atoms with Gasteiger partial charge in [0, 0.05) is 17.5 Å². The first-order valence-electron chi connectivity index (χ1n) is 8.66. The molecule has 4 rings (SSSR count). The second-order valence-corrected chi connectivity index (χ2v) is 6.16. The Labute approximate surface area is 153 Å². The lowest BCUT2D eigenvalue weighted by Gasteiger charge is -2.02. The van der Waals surface area contributed by atoms with Crippen molar-refractivity contribution in [3.63, 3.8) is 0 Å². The zero-order valence-corrected chi connectivity index (χ0v) is 14.6. The van der Waals surface area contributed by atoms with E-state index in [1.807, 2.05) is 48.5 Å². The van der Waals surface area contributed by atoms with E-state index in [2.05, 4.69) is 41.4 Å². The van der Waals surface area contributed by atoms with Gasteiger partial charge in [-0.2, -0.15) is 0 Å². The fourth-order valence-corrected chi connectivity index (χ4v) is 3.06. The summed E-state index contributed by atoms with van der Waals surface area (Å²) in [6, 6.07) is 28.8. The summed E-state index contributed by atoms with van der Waals surface area (Å²) in [7, 11) is 1.68. The SMILES string of the molecule is COc1ccc(Cc2nc(-c3ccccc3)c(-c3ccccc3)[nH]2)cc1. The summed E-state index contributed by atoms with van der Waals surface area (Å²) in [5.74, 6) is 1.82. The van der Waals surface area contributed by atoms with E-state index in [-0.39, 0.29) is 0 Å².